The standard InChI is InChI=1S/C16H21N3O3/c1-9(2)14-15(21)19(16(22)18-14)8-13(20)17-12-6-5-10(3)11(4)7-12/h5-7,9,14H,8H2,1-4H3,(H,17,20)(H,18,22). The zero-order chi connectivity index (χ0) is 16.4. The molecule has 1 saturated heterocycles. The minimum absolute atomic E-state index is 0.00995. The molecule has 1 aromatic rings. The van der Waals surface area contributed by atoms with Crippen LogP contribution in [-0.4, -0.2) is 35.3 Å². The number of carbonyl (C=O) groups is 3. The minimum Gasteiger partial charge on any atom is -0.326 e. The highest BCUT2D eigenvalue weighted by Gasteiger charge is 2.40. The number of rotatable bonds is 4. The highest BCUT2D eigenvalue weighted by Crippen LogP contribution is 2.16. The van der Waals surface area contributed by atoms with E-state index in [4.69, 9.17) is 0 Å². The Labute approximate surface area is 129 Å². The van der Waals surface area contributed by atoms with Crippen LogP contribution in [0.2, 0.25) is 0 Å². The third-order valence-electron chi connectivity index (χ3n) is 3.82. The van der Waals surface area contributed by atoms with E-state index < -0.39 is 18.0 Å². The van der Waals surface area contributed by atoms with Crippen LogP contribution < -0.4 is 10.6 Å². The number of amides is 4. The molecule has 1 unspecified atom stereocenters. The van der Waals surface area contributed by atoms with Gasteiger partial charge in [0.05, 0.1) is 0 Å². The van der Waals surface area contributed by atoms with Crippen molar-refractivity contribution < 1.29 is 14.4 Å². The van der Waals surface area contributed by atoms with Gasteiger partial charge >= 0.3 is 6.03 Å². The van der Waals surface area contributed by atoms with E-state index in [9.17, 15) is 14.4 Å². The fourth-order valence-corrected chi connectivity index (χ4v) is 2.31. The highest BCUT2D eigenvalue weighted by molar-refractivity contribution is 6.08. The van der Waals surface area contributed by atoms with E-state index in [1.165, 1.54) is 0 Å². The van der Waals surface area contributed by atoms with Crippen LogP contribution in [0.15, 0.2) is 18.2 Å². The molecule has 1 fully saturated rings. The maximum atomic E-state index is 12.1. The smallest absolute Gasteiger partial charge is 0.325 e. The summed E-state index contributed by atoms with van der Waals surface area (Å²) in [7, 11) is 0. The number of anilines is 1. The summed E-state index contributed by atoms with van der Waals surface area (Å²) in [6, 6.07) is 4.49. The molecule has 2 rings (SSSR count). The number of carbonyl (C=O) groups excluding carboxylic acids is 3. The van der Waals surface area contributed by atoms with Gasteiger partial charge in [0.2, 0.25) is 5.91 Å². The van der Waals surface area contributed by atoms with Gasteiger partial charge < -0.3 is 10.6 Å². The number of benzene rings is 1. The Morgan fingerprint density at radius 1 is 1.27 bits per heavy atom. The number of hydrogen-bond donors (Lipinski definition) is 2. The molecule has 2 N–H and O–H groups in total. The predicted octanol–water partition coefficient (Wildman–Crippen LogP) is 1.82. The SMILES string of the molecule is Cc1ccc(NC(=O)CN2C(=O)NC(C(C)C)C2=O)cc1C. The number of hydrogen-bond acceptors (Lipinski definition) is 3. The van der Waals surface area contributed by atoms with E-state index in [1.807, 2.05) is 39.8 Å². The Balaban J connectivity index is 2.01. The summed E-state index contributed by atoms with van der Waals surface area (Å²) in [6.45, 7) is 7.36. The lowest BCUT2D eigenvalue weighted by Gasteiger charge is -2.14. The fourth-order valence-electron chi connectivity index (χ4n) is 2.31. The first-order valence-electron chi connectivity index (χ1n) is 7.28. The van der Waals surface area contributed by atoms with Crippen LogP contribution >= 0.6 is 0 Å². The maximum absolute atomic E-state index is 12.1. The van der Waals surface area contributed by atoms with Crippen molar-refractivity contribution in [3.8, 4) is 0 Å². The predicted molar refractivity (Wildman–Crippen MR) is 83.4 cm³/mol. The molecule has 1 aromatic carbocycles. The van der Waals surface area contributed by atoms with Crippen LogP contribution in [0.1, 0.15) is 25.0 Å². The van der Waals surface area contributed by atoms with Gasteiger partial charge in [-0.1, -0.05) is 19.9 Å². The second-order valence-corrected chi connectivity index (χ2v) is 5.94. The molecule has 4 amide bonds. The third-order valence-corrected chi connectivity index (χ3v) is 3.82. The van der Waals surface area contributed by atoms with Gasteiger partial charge in [0.1, 0.15) is 12.6 Å². The van der Waals surface area contributed by atoms with Crippen molar-refractivity contribution in [1.29, 1.82) is 0 Å². The molecule has 1 heterocycles. The number of imide groups is 1. The molecule has 0 spiro atoms. The summed E-state index contributed by atoms with van der Waals surface area (Å²) in [5.41, 5.74) is 2.85. The van der Waals surface area contributed by atoms with Gasteiger partial charge in [-0.25, -0.2) is 4.79 Å². The second-order valence-electron chi connectivity index (χ2n) is 5.94. The first-order valence-corrected chi connectivity index (χ1v) is 7.28. The summed E-state index contributed by atoms with van der Waals surface area (Å²) in [4.78, 5) is 36.9. The second kappa shape index (κ2) is 6.17. The van der Waals surface area contributed by atoms with Crippen molar-refractivity contribution in [3.63, 3.8) is 0 Å². The molecule has 0 bridgehead atoms. The van der Waals surface area contributed by atoms with Crippen LogP contribution in [0.4, 0.5) is 10.5 Å². The van der Waals surface area contributed by atoms with Gasteiger partial charge in [-0.2, -0.15) is 0 Å². The Morgan fingerprint density at radius 3 is 2.50 bits per heavy atom. The first-order chi connectivity index (χ1) is 10.3. The van der Waals surface area contributed by atoms with Crippen LogP contribution in [0.5, 0.6) is 0 Å². The molecule has 118 valence electrons. The zero-order valence-electron chi connectivity index (χ0n) is 13.3. The van der Waals surface area contributed by atoms with Gasteiger partial charge in [0.15, 0.2) is 0 Å². The third kappa shape index (κ3) is 3.27. The summed E-state index contributed by atoms with van der Waals surface area (Å²) in [5.74, 6) is -0.754. The maximum Gasteiger partial charge on any atom is 0.325 e. The fraction of sp³-hybridized carbons (Fsp3) is 0.438. The highest BCUT2D eigenvalue weighted by atomic mass is 16.2. The summed E-state index contributed by atoms with van der Waals surface area (Å²) >= 11 is 0. The topological polar surface area (TPSA) is 78.5 Å². The van der Waals surface area contributed by atoms with Gasteiger partial charge in [-0.05, 0) is 43.0 Å². The van der Waals surface area contributed by atoms with Crippen molar-refractivity contribution in [3.05, 3.63) is 29.3 Å². The average Bonchev–Trinajstić information content (AvgIpc) is 2.71. The Bertz CT molecular complexity index is 625. The van der Waals surface area contributed by atoms with Gasteiger partial charge in [0, 0.05) is 5.69 Å². The molecule has 0 saturated carbocycles. The summed E-state index contributed by atoms with van der Waals surface area (Å²) in [6.07, 6.45) is 0. The molecule has 22 heavy (non-hydrogen) atoms. The van der Waals surface area contributed by atoms with Crippen LogP contribution in [0.25, 0.3) is 0 Å². The van der Waals surface area contributed by atoms with Gasteiger partial charge in [-0.3, -0.25) is 14.5 Å². The number of urea groups is 1. The van der Waals surface area contributed by atoms with Crippen molar-refractivity contribution in [1.82, 2.24) is 10.2 Å². The van der Waals surface area contributed by atoms with Crippen LogP contribution in [0.3, 0.4) is 0 Å². The summed E-state index contributed by atoms with van der Waals surface area (Å²) in [5, 5.41) is 5.31. The largest absolute Gasteiger partial charge is 0.326 e. The zero-order valence-corrected chi connectivity index (χ0v) is 13.3. The van der Waals surface area contributed by atoms with Gasteiger partial charge in [-0.15, -0.1) is 0 Å². The molecule has 0 radical (unpaired) electrons. The van der Waals surface area contributed by atoms with E-state index in [1.54, 1.807) is 6.07 Å². The lowest BCUT2D eigenvalue weighted by atomic mass is 10.1. The number of nitrogens with zero attached hydrogens (tertiary/aromatic N) is 1. The molecule has 0 aromatic heterocycles. The van der Waals surface area contributed by atoms with Gasteiger partial charge in [0.25, 0.3) is 5.91 Å². The number of nitrogens with one attached hydrogen (secondary N) is 2. The van der Waals surface area contributed by atoms with E-state index in [-0.39, 0.29) is 18.4 Å². The van der Waals surface area contributed by atoms with Crippen molar-refractivity contribution in [2.75, 3.05) is 11.9 Å². The number of aryl methyl sites for hydroxylation is 2. The summed E-state index contributed by atoms with van der Waals surface area (Å²) < 4.78 is 0. The Kier molecular flexibility index (Phi) is 4.49. The van der Waals surface area contributed by atoms with E-state index in [2.05, 4.69) is 10.6 Å². The first kappa shape index (κ1) is 16.0. The lowest BCUT2D eigenvalue weighted by molar-refractivity contribution is -0.131. The normalized spacial score (nSPS) is 17.9. The quantitative estimate of drug-likeness (QED) is 0.833. The van der Waals surface area contributed by atoms with E-state index >= 15 is 0 Å². The van der Waals surface area contributed by atoms with Crippen molar-refractivity contribution in [2.45, 2.75) is 33.7 Å². The minimum atomic E-state index is -0.554. The van der Waals surface area contributed by atoms with E-state index in [0.29, 0.717) is 5.69 Å². The molecule has 6 heteroatoms. The van der Waals surface area contributed by atoms with Crippen LogP contribution in [-0.2, 0) is 9.59 Å². The molecule has 1 aliphatic rings. The van der Waals surface area contributed by atoms with Crippen LogP contribution in [0, 0.1) is 19.8 Å². The van der Waals surface area contributed by atoms with Crippen molar-refractivity contribution in [2.24, 2.45) is 5.92 Å². The van der Waals surface area contributed by atoms with Crippen molar-refractivity contribution >= 4 is 23.5 Å². The average molecular weight is 303 g/mol. The molecular weight excluding hydrogens is 282 g/mol. The Hall–Kier alpha value is -2.37. The molecular formula is C16H21N3O3. The lowest BCUT2D eigenvalue weighted by Crippen LogP contribution is -2.39. The molecule has 1 aliphatic heterocycles. The monoisotopic (exact) mass is 303 g/mol. The van der Waals surface area contributed by atoms with E-state index in [0.717, 1.165) is 16.0 Å². The molecule has 1 atom stereocenters. The Morgan fingerprint density at radius 2 is 1.95 bits per heavy atom. The molecule has 6 nitrogen and oxygen atoms in total. The molecule has 0 aliphatic carbocycles.